The van der Waals surface area contributed by atoms with Crippen LogP contribution in [-0.4, -0.2) is 10.4 Å². The van der Waals surface area contributed by atoms with Crippen LogP contribution in [0.25, 0.3) is 39.2 Å². The van der Waals surface area contributed by atoms with E-state index in [9.17, 15) is 0 Å². The van der Waals surface area contributed by atoms with Gasteiger partial charge in [0.25, 0.3) is 0 Å². The van der Waals surface area contributed by atoms with Gasteiger partial charge in [-0.1, -0.05) is 54.6 Å². The highest BCUT2D eigenvalue weighted by atomic mass is 16.3. The maximum atomic E-state index is 6.34. The van der Waals surface area contributed by atoms with E-state index in [-0.39, 0.29) is 0 Å². The van der Waals surface area contributed by atoms with Crippen LogP contribution >= 0.6 is 0 Å². The van der Waals surface area contributed by atoms with Gasteiger partial charge in [0.2, 0.25) is 0 Å². The maximum absolute atomic E-state index is 6.34. The van der Waals surface area contributed by atoms with Crippen molar-refractivity contribution in [2.24, 2.45) is 5.10 Å². The molecule has 3 heterocycles. The molecule has 0 radical (unpaired) electrons. The Hall–Kier alpha value is -4.29. The predicted octanol–water partition coefficient (Wildman–Crippen LogP) is 4.93. The third-order valence-corrected chi connectivity index (χ3v) is 6.50. The average molecular weight is 431 g/mol. The average Bonchev–Trinajstić information content (AvgIpc) is 3.62. The molecule has 7 rings (SSSR count). The fraction of sp³-hybridized carbons (Fsp3) is 0.0741. The number of hydrogen-bond donors (Lipinski definition) is 3. The van der Waals surface area contributed by atoms with Gasteiger partial charge in [0.1, 0.15) is 5.58 Å². The van der Waals surface area contributed by atoms with E-state index in [1.807, 2.05) is 18.2 Å². The molecule has 0 bridgehead atoms. The molecule has 1 aliphatic heterocycles. The predicted molar refractivity (Wildman–Crippen MR) is 130 cm³/mol. The van der Waals surface area contributed by atoms with Crippen LogP contribution in [0.15, 0.2) is 94.4 Å². The van der Waals surface area contributed by atoms with Crippen molar-refractivity contribution in [2.45, 2.75) is 12.8 Å². The number of benzene rings is 3. The van der Waals surface area contributed by atoms with Gasteiger partial charge in [-0.05, 0) is 54.3 Å². The van der Waals surface area contributed by atoms with Gasteiger partial charge in [-0.25, -0.2) is 5.53 Å². The summed E-state index contributed by atoms with van der Waals surface area (Å²) >= 11 is 0. The van der Waals surface area contributed by atoms with Crippen molar-refractivity contribution in [1.29, 1.82) is 0 Å². The van der Waals surface area contributed by atoms with Crippen LogP contribution in [-0.2, 0) is 12.8 Å². The summed E-state index contributed by atoms with van der Waals surface area (Å²) in [6, 6.07) is 29.7. The number of para-hydroxylation sites is 1. The highest BCUT2D eigenvalue weighted by Crippen LogP contribution is 2.41. The van der Waals surface area contributed by atoms with Crippen LogP contribution in [0.5, 0.6) is 0 Å². The summed E-state index contributed by atoms with van der Waals surface area (Å²) in [4.78, 5) is 0. The Morgan fingerprint density at radius 3 is 2.64 bits per heavy atom. The molecule has 160 valence electrons. The minimum absolute atomic E-state index is 0.758. The molecule has 0 saturated heterocycles. The second kappa shape index (κ2) is 7.12. The molecular formula is C27H21N5O. The lowest BCUT2D eigenvalue weighted by molar-refractivity contribution is 0.577. The van der Waals surface area contributed by atoms with Gasteiger partial charge >= 0.3 is 0 Å². The van der Waals surface area contributed by atoms with Crippen LogP contribution in [0.1, 0.15) is 16.8 Å². The standard InChI is InChI=1S/C27H21N5O/c1-3-10-21-17(6-1)12-13-23-22(21)16-24(26-15-18-7-2-4-11-25(18)33-26)32(23)20-9-5-8-19(14-20)27-28-30-31-29-27/h1-11,14-16,30-31H,12-13H2,(H,28,29). The summed E-state index contributed by atoms with van der Waals surface area (Å²) in [6.45, 7) is 0. The van der Waals surface area contributed by atoms with Crippen molar-refractivity contribution in [3.63, 3.8) is 0 Å². The summed E-state index contributed by atoms with van der Waals surface area (Å²) in [5.74, 6) is 1.63. The second-order valence-electron chi connectivity index (χ2n) is 8.40. The zero-order valence-electron chi connectivity index (χ0n) is 17.8. The van der Waals surface area contributed by atoms with Gasteiger partial charge in [0.05, 0.1) is 5.69 Å². The molecule has 2 aliphatic rings. The SMILES string of the molecule is c1cc(C2=NNNN2)cc(-n2c(-c3cc4ccccc4o3)cc3c2CCc2ccccc2-3)c1. The molecule has 0 amide bonds. The first-order valence-corrected chi connectivity index (χ1v) is 11.1. The van der Waals surface area contributed by atoms with E-state index in [1.54, 1.807) is 0 Å². The molecule has 6 nitrogen and oxygen atoms in total. The fourth-order valence-corrected chi connectivity index (χ4v) is 5.00. The second-order valence-corrected chi connectivity index (χ2v) is 8.40. The van der Waals surface area contributed by atoms with Crippen LogP contribution in [0.4, 0.5) is 0 Å². The molecule has 3 aromatic carbocycles. The van der Waals surface area contributed by atoms with Crippen LogP contribution in [0.2, 0.25) is 0 Å². The minimum Gasteiger partial charge on any atom is -0.455 e. The van der Waals surface area contributed by atoms with Crippen molar-refractivity contribution in [3.8, 4) is 28.3 Å². The van der Waals surface area contributed by atoms with Crippen LogP contribution < -0.4 is 16.5 Å². The molecule has 2 aromatic heterocycles. The number of nitrogens with one attached hydrogen (secondary N) is 3. The zero-order valence-corrected chi connectivity index (χ0v) is 17.8. The van der Waals surface area contributed by atoms with E-state index in [4.69, 9.17) is 4.42 Å². The third-order valence-electron chi connectivity index (χ3n) is 6.50. The molecular weight excluding hydrogens is 410 g/mol. The number of aryl methyl sites for hydroxylation is 1. The van der Waals surface area contributed by atoms with Gasteiger partial charge in [-0.2, -0.15) is 0 Å². The molecule has 0 fully saturated rings. The number of hydrazine groups is 2. The molecule has 6 heteroatoms. The normalized spacial score (nSPS) is 14.4. The Balaban J connectivity index is 1.48. The number of rotatable bonds is 3. The highest BCUT2D eigenvalue weighted by molar-refractivity contribution is 5.99. The maximum Gasteiger partial charge on any atom is 0.170 e. The van der Waals surface area contributed by atoms with Gasteiger partial charge in [0.15, 0.2) is 11.6 Å². The molecule has 0 saturated carbocycles. The lowest BCUT2D eigenvalue weighted by atomic mass is 9.90. The Morgan fingerprint density at radius 1 is 0.818 bits per heavy atom. The monoisotopic (exact) mass is 431 g/mol. The van der Waals surface area contributed by atoms with E-state index in [0.29, 0.717) is 0 Å². The van der Waals surface area contributed by atoms with Gasteiger partial charge < -0.3 is 8.98 Å². The van der Waals surface area contributed by atoms with Gasteiger partial charge in [-0.3, -0.25) is 5.43 Å². The molecule has 0 atom stereocenters. The van der Waals surface area contributed by atoms with Gasteiger partial charge in [-0.15, -0.1) is 10.6 Å². The number of fused-ring (bicyclic) bond motifs is 4. The molecule has 3 N–H and O–H groups in total. The minimum atomic E-state index is 0.758. The molecule has 5 aromatic rings. The Labute approximate surface area is 190 Å². The van der Waals surface area contributed by atoms with E-state index in [0.717, 1.165) is 52.4 Å². The first-order valence-electron chi connectivity index (χ1n) is 11.1. The van der Waals surface area contributed by atoms with E-state index < -0.39 is 0 Å². The number of aromatic nitrogens is 1. The highest BCUT2D eigenvalue weighted by Gasteiger charge is 2.25. The molecule has 1 aliphatic carbocycles. The van der Waals surface area contributed by atoms with Crippen LogP contribution in [0.3, 0.4) is 0 Å². The molecule has 0 unspecified atom stereocenters. The summed E-state index contributed by atoms with van der Waals surface area (Å²) in [5, 5.41) is 5.38. The summed E-state index contributed by atoms with van der Waals surface area (Å²) in [6.07, 6.45) is 1.99. The largest absolute Gasteiger partial charge is 0.455 e. The van der Waals surface area contributed by atoms with Crippen molar-refractivity contribution in [1.82, 2.24) is 21.1 Å². The van der Waals surface area contributed by atoms with Crippen LogP contribution in [0, 0.1) is 0 Å². The van der Waals surface area contributed by atoms with E-state index >= 15 is 0 Å². The quantitative estimate of drug-likeness (QED) is 0.379. The number of nitrogens with zero attached hydrogens (tertiary/aromatic N) is 2. The first kappa shape index (κ1) is 18.3. The zero-order chi connectivity index (χ0) is 21.8. The van der Waals surface area contributed by atoms with Gasteiger partial charge in [0, 0.05) is 27.9 Å². The number of furan rings is 1. The first-order chi connectivity index (χ1) is 16.3. The Kier molecular flexibility index (Phi) is 3.95. The summed E-state index contributed by atoms with van der Waals surface area (Å²) in [5.41, 5.74) is 17.9. The number of amidine groups is 1. The lowest BCUT2D eigenvalue weighted by Crippen LogP contribution is -2.35. The summed E-state index contributed by atoms with van der Waals surface area (Å²) in [7, 11) is 0. The van der Waals surface area contributed by atoms with Crippen molar-refractivity contribution < 1.29 is 4.42 Å². The lowest BCUT2D eigenvalue weighted by Gasteiger charge is -2.20. The summed E-state index contributed by atoms with van der Waals surface area (Å²) < 4.78 is 8.69. The smallest absolute Gasteiger partial charge is 0.170 e. The Morgan fingerprint density at radius 2 is 1.73 bits per heavy atom. The topological polar surface area (TPSA) is 66.5 Å². The third kappa shape index (κ3) is 2.88. The molecule has 33 heavy (non-hydrogen) atoms. The fourth-order valence-electron chi connectivity index (χ4n) is 5.00. The number of hydrazone groups is 1. The van der Waals surface area contributed by atoms with Crippen molar-refractivity contribution in [3.05, 3.63) is 102 Å². The Bertz CT molecular complexity index is 1530. The van der Waals surface area contributed by atoms with Crippen molar-refractivity contribution >= 4 is 16.8 Å². The molecule has 0 spiro atoms. The number of hydrogen-bond acceptors (Lipinski definition) is 5. The van der Waals surface area contributed by atoms with Crippen molar-refractivity contribution in [2.75, 3.05) is 0 Å². The van der Waals surface area contributed by atoms with E-state index in [1.165, 1.54) is 22.4 Å². The van der Waals surface area contributed by atoms with E-state index in [2.05, 4.69) is 92.9 Å².